The first-order valence-corrected chi connectivity index (χ1v) is 17.5. The van der Waals surface area contributed by atoms with Gasteiger partial charge in [-0.3, -0.25) is 24.1 Å². The number of carbonyl (C=O) groups is 3. The fourth-order valence-corrected chi connectivity index (χ4v) is 11.3. The predicted octanol–water partition coefficient (Wildman–Crippen LogP) is 6.34. The molecule has 2 N–H and O–H groups in total. The van der Waals surface area contributed by atoms with Crippen LogP contribution in [-0.2, 0) is 14.4 Å². The molecule has 234 valence electrons. The molecule has 2 aliphatic carbocycles. The summed E-state index contributed by atoms with van der Waals surface area (Å²) < 4.78 is 20.7. The maximum Gasteiger partial charge on any atom is 0.305 e. The summed E-state index contributed by atoms with van der Waals surface area (Å²) in [6.45, 7) is 1.76. The molecule has 12 heteroatoms. The highest BCUT2D eigenvalue weighted by Gasteiger charge is 2.69. The van der Waals surface area contributed by atoms with Crippen molar-refractivity contribution in [1.82, 2.24) is 4.98 Å². The Balaban J connectivity index is 1.14. The average Bonchev–Trinajstić information content (AvgIpc) is 3.77. The number of aromatic amines is 1. The van der Waals surface area contributed by atoms with Crippen LogP contribution in [0.5, 0.6) is 5.75 Å². The summed E-state index contributed by atoms with van der Waals surface area (Å²) in [6.07, 6.45) is 0.727. The highest BCUT2D eigenvalue weighted by Crippen LogP contribution is 2.69. The van der Waals surface area contributed by atoms with E-state index < -0.39 is 17.7 Å². The SMILES string of the molecule is Cc1ccc(NC(=O)COc2ccc(Br)cc2[C@@H]2c3sc(=O)[nH]c3S[C@@H]3[C@@H]4C[C@@H]([C@@H]5C(=O)N(c6ccc(F)cc6)C(=O)[C@@H]45)[C@H]23)cc1. The Hall–Kier alpha value is -3.74. The van der Waals surface area contributed by atoms with Crippen LogP contribution in [0.1, 0.15) is 28.3 Å². The summed E-state index contributed by atoms with van der Waals surface area (Å²) in [4.78, 5) is 58.4. The molecule has 46 heavy (non-hydrogen) atoms. The largest absolute Gasteiger partial charge is 0.483 e. The van der Waals surface area contributed by atoms with E-state index in [1.54, 1.807) is 11.8 Å². The van der Waals surface area contributed by atoms with E-state index in [2.05, 4.69) is 26.2 Å². The molecule has 2 aliphatic heterocycles. The van der Waals surface area contributed by atoms with Gasteiger partial charge in [0.2, 0.25) is 11.8 Å². The molecule has 3 heterocycles. The number of nitrogens with zero attached hydrogens (tertiary/aromatic N) is 1. The average molecular weight is 721 g/mol. The van der Waals surface area contributed by atoms with E-state index >= 15 is 0 Å². The molecule has 4 aromatic rings. The van der Waals surface area contributed by atoms with E-state index in [1.165, 1.54) is 29.2 Å². The lowest BCUT2D eigenvalue weighted by Crippen LogP contribution is -2.42. The molecule has 2 saturated carbocycles. The topological polar surface area (TPSA) is 109 Å². The molecule has 0 spiro atoms. The first kappa shape index (κ1) is 29.6. The van der Waals surface area contributed by atoms with Crippen LogP contribution >= 0.6 is 39.0 Å². The van der Waals surface area contributed by atoms with Gasteiger partial charge in [-0.2, -0.15) is 0 Å². The Labute approximate surface area is 279 Å². The molecular formula is C34H27BrFN3O5S2. The van der Waals surface area contributed by atoms with Crippen LogP contribution in [0, 0.1) is 42.3 Å². The zero-order chi connectivity index (χ0) is 31.9. The van der Waals surface area contributed by atoms with Gasteiger partial charge in [0.1, 0.15) is 11.6 Å². The van der Waals surface area contributed by atoms with E-state index in [1.807, 2.05) is 49.4 Å². The van der Waals surface area contributed by atoms with Crippen molar-refractivity contribution in [2.24, 2.45) is 29.6 Å². The van der Waals surface area contributed by atoms with Gasteiger partial charge < -0.3 is 15.0 Å². The molecule has 2 bridgehead atoms. The zero-order valence-corrected chi connectivity index (χ0v) is 27.6. The van der Waals surface area contributed by atoms with Crippen molar-refractivity contribution in [2.45, 2.75) is 29.5 Å². The minimum absolute atomic E-state index is 0.0180. The van der Waals surface area contributed by atoms with E-state index in [4.69, 9.17) is 4.74 Å². The minimum atomic E-state index is -0.499. The summed E-state index contributed by atoms with van der Waals surface area (Å²) >= 11 is 6.37. The Bertz CT molecular complexity index is 1960. The van der Waals surface area contributed by atoms with Crippen molar-refractivity contribution in [3.05, 3.63) is 103 Å². The lowest BCUT2D eigenvalue weighted by atomic mass is 9.68. The zero-order valence-electron chi connectivity index (χ0n) is 24.4. The first-order chi connectivity index (χ1) is 22.2. The Morgan fingerprint density at radius 2 is 1.74 bits per heavy atom. The second-order valence-corrected chi connectivity index (χ2v) is 15.5. The summed E-state index contributed by atoms with van der Waals surface area (Å²) in [6, 6.07) is 18.6. The van der Waals surface area contributed by atoms with Crippen LogP contribution in [0.15, 0.2) is 81.0 Å². The number of hydrogen-bond donors (Lipinski definition) is 2. The Morgan fingerprint density at radius 1 is 1.02 bits per heavy atom. The summed E-state index contributed by atoms with van der Waals surface area (Å²) in [5.74, 6) is -2.20. The standard InChI is InChI=1S/C34H27BrFN3O5S2/c1-15-2-7-18(8-3-15)37-24(40)14-44-23-11-4-16(35)12-20(23)25-26-21-13-22(29(26)45-31-30(25)46-34(43)38-31)28-27(21)32(41)39(33(28)42)19-9-5-17(36)6-10-19/h2-12,21-22,25-29H,13-14H2,1H3,(H,37,40)(H,38,43)/t21-,22-,25+,26-,27+,28+,29-/m1/s1. The van der Waals surface area contributed by atoms with Gasteiger partial charge in [-0.15, -0.1) is 11.8 Å². The van der Waals surface area contributed by atoms with Crippen LogP contribution in [0.25, 0.3) is 0 Å². The summed E-state index contributed by atoms with van der Waals surface area (Å²) in [5.41, 5.74) is 2.96. The van der Waals surface area contributed by atoms with Crippen molar-refractivity contribution in [1.29, 1.82) is 0 Å². The number of rotatable bonds is 6. The Morgan fingerprint density at radius 3 is 2.48 bits per heavy atom. The number of thiazole rings is 1. The van der Waals surface area contributed by atoms with Crippen LogP contribution in [0.4, 0.5) is 15.8 Å². The molecule has 8 rings (SSSR count). The van der Waals surface area contributed by atoms with Crippen molar-refractivity contribution < 1.29 is 23.5 Å². The Kier molecular flexibility index (Phi) is 7.22. The number of benzene rings is 3. The number of nitrogens with one attached hydrogen (secondary N) is 2. The number of hydrogen-bond acceptors (Lipinski definition) is 7. The third kappa shape index (κ3) is 4.75. The quantitative estimate of drug-likeness (QED) is 0.225. The predicted molar refractivity (Wildman–Crippen MR) is 177 cm³/mol. The van der Waals surface area contributed by atoms with Gasteiger partial charge in [-0.25, -0.2) is 4.39 Å². The van der Waals surface area contributed by atoms with Gasteiger partial charge in [0.05, 0.1) is 22.5 Å². The molecule has 7 atom stereocenters. The number of carbonyl (C=O) groups excluding carboxylic acids is 3. The monoisotopic (exact) mass is 719 g/mol. The van der Waals surface area contributed by atoms with Gasteiger partial charge in [-0.1, -0.05) is 45.0 Å². The number of amides is 3. The van der Waals surface area contributed by atoms with Crippen molar-refractivity contribution >= 4 is 68.1 Å². The van der Waals surface area contributed by atoms with E-state index in [0.717, 1.165) is 43.3 Å². The number of imide groups is 1. The molecule has 4 aliphatic rings. The normalized spacial score (nSPS) is 27.4. The number of thioether (sulfide) groups is 1. The van der Waals surface area contributed by atoms with Crippen molar-refractivity contribution in [3.63, 3.8) is 0 Å². The number of fused-ring (bicyclic) bond motifs is 9. The lowest BCUT2D eigenvalue weighted by molar-refractivity contribution is -0.123. The molecule has 3 aromatic carbocycles. The lowest BCUT2D eigenvalue weighted by Gasteiger charge is -2.43. The number of aryl methyl sites for hydroxylation is 1. The number of halogens is 2. The van der Waals surface area contributed by atoms with E-state index in [9.17, 15) is 23.6 Å². The molecule has 8 nitrogen and oxygen atoms in total. The molecule has 3 fully saturated rings. The maximum absolute atomic E-state index is 14.0. The van der Waals surface area contributed by atoms with E-state index in [0.29, 0.717) is 17.1 Å². The second-order valence-electron chi connectivity index (χ2n) is 12.3. The van der Waals surface area contributed by atoms with Gasteiger partial charge in [-0.05, 0) is 85.7 Å². The highest BCUT2D eigenvalue weighted by molar-refractivity contribution is 9.10. The molecule has 1 saturated heterocycles. The van der Waals surface area contributed by atoms with Crippen LogP contribution in [-0.4, -0.2) is 34.6 Å². The van der Waals surface area contributed by atoms with Gasteiger partial charge in [0, 0.05) is 31.8 Å². The highest BCUT2D eigenvalue weighted by atomic mass is 79.9. The fourth-order valence-electron chi connectivity index (χ4n) is 8.08. The van der Waals surface area contributed by atoms with Gasteiger partial charge >= 0.3 is 4.87 Å². The summed E-state index contributed by atoms with van der Waals surface area (Å²) in [7, 11) is 0. The number of ether oxygens (including phenoxy) is 1. The maximum atomic E-state index is 14.0. The van der Waals surface area contributed by atoms with Gasteiger partial charge in [0.25, 0.3) is 5.91 Å². The van der Waals surface area contributed by atoms with Crippen LogP contribution < -0.4 is 19.8 Å². The van der Waals surface area contributed by atoms with Crippen LogP contribution in [0.2, 0.25) is 0 Å². The molecule has 0 unspecified atom stereocenters. The molecule has 3 amide bonds. The number of anilines is 2. The van der Waals surface area contributed by atoms with Gasteiger partial charge in [0.15, 0.2) is 6.61 Å². The second kappa shape index (κ2) is 11.2. The van der Waals surface area contributed by atoms with Crippen molar-refractivity contribution in [3.8, 4) is 5.75 Å². The van der Waals surface area contributed by atoms with Crippen LogP contribution in [0.3, 0.4) is 0 Å². The number of H-pyrrole nitrogens is 1. The van der Waals surface area contributed by atoms with Crippen molar-refractivity contribution in [2.75, 3.05) is 16.8 Å². The third-order valence-electron chi connectivity index (χ3n) is 9.81. The third-order valence-corrected chi connectivity index (χ3v) is 12.9. The fraction of sp³-hybridized carbons (Fsp3) is 0.294. The summed E-state index contributed by atoms with van der Waals surface area (Å²) in [5, 5.41) is 3.63. The smallest absolute Gasteiger partial charge is 0.305 e. The molecule has 1 aromatic heterocycles. The van der Waals surface area contributed by atoms with E-state index in [-0.39, 0.29) is 58.1 Å². The first-order valence-electron chi connectivity index (χ1n) is 15.0. The minimum Gasteiger partial charge on any atom is -0.483 e. The molecular weight excluding hydrogens is 693 g/mol. The number of aromatic nitrogens is 1. The molecule has 0 radical (unpaired) electrons.